The molecule has 98 valence electrons. The maximum absolute atomic E-state index is 11.6. The van der Waals surface area contributed by atoms with E-state index in [0.717, 1.165) is 19.8 Å². The van der Waals surface area contributed by atoms with Gasteiger partial charge < -0.3 is 15.5 Å². The number of hydrogen-bond acceptors (Lipinski definition) is 5. The van der Waals surface area contributed by atoms with E-state index in [1.54, 1.807) is 0 Å². The summed E-state index contributed by atoms with van der Waals surface area (Å²) in [5.74, 6) is -1.04. The van der Waals surface area contributed by atoms with Crippen molar-refractivity contribution in [3.63, 3.8) is 0 Å². The van der Waals surface area contributed by atoms with Gasteiger partial charge in [0, 0.05) is 5.92 Å². The topological polar surface area (TPSA) is 128 Å². The number of aromatic nitrogens is 3. The van der Waals surface area contributed by atoms with E-state index < -0.39 is 24.0 Å². The van der Waals surface area contributed by atoms with E-state index >= 15 is 0 Å². The molecule has 1 heterocycles. The first kappa shape index (κ1) is 12.5. The molecular formula is C10H14N4O4. The number of H-pyrrole nitrogens is 1. The molecule has 1 fully saturated rings. The molecule has 1 aromatic heterocycles. The van der Waals surface area contributed by atoms with E-state index in [9.17, 15) is 14.7 Å². The van der Waals surface area contributed by atoms with Gasteiger partial charge in [-0.1, -0.05) is 0 Å². The lowest BCUT2D eigenvalue weighted by Gasteiger charge is -2.17. The van der Waals surface area contributed by atoms with Crippen LogP contribution < -0.4 is 5.32 Å². The zero-order valence-electron chi connectivity index (χ0n) is 9.80. The second kappa shape index (κ2) is 4.37. The summed E-state index contributed by atoms with van der Waals surface area (Å²) in [5, 5.41) is 26.8. The molecule has 1 aliphatic rings. The van der Waals surface area contributed by atoms with Gasteiger partial charge in [-0.05, 0) is 19.8 Å². The van der Waals surface area contributed by atoms with Gasteiger partial charge in [0.1, 0.15) is 5.82 Å². The predicted molar refractivity (Wildman–Crippen MR) is 59.0 cm³/mol. The van der Waals surface area contributed by atoms with Gasteiger partial charge in [-0.25, -0.2) is 9.78 Å². The first-order chi connectivity index (χ1) is 8.40. The number of carboxylic acids is 1. The summed E-state index contributed by atoms with van der Waals surface area (Å²) in [5.41, 5.74) is -2.01. The molecule has 1 aliphatic carbocycles. The van der Waals surface area contributed by atoms with Crippen molar-refractivity contribution >= 4 is 11.9 Å². The van der Waals surface area contributed by atoms with Crippen molar-refractivity contribution in [2.45, 2.75) is 31.3 Å². The summed E-state index contributed by atoms with van der Waals surface area (Å²) in [6.07, 6.45) is 2.06. The smallest absolute Gasteiger partial charge is 0.337 e. The van der Waals surface area contributed by atoms with Crippen LogP contribution in [-0.4, -0.2) is 49.4 Å². The molecule has 4 N–H and O–H groups in total. The van der Waals surface area contributed by atoms with Crippen LogP contribution in [0.2, 0.25) is 0 Å². The highest BCUT2D eigenvalue weighted by Crippen LogP contribution is 2.37. The SMILES string of the molecule is CC(O)(CNC(=O)c1n[nH]c(C2CC2)n1)C(=O)O. The third kappa shape index (κ3) is 2.65. The average molecular weight is 254 g/mol. The second-order valence-electron chi connectivity index (χ2n) is 4.58. The zero-order chi connectivity index (χ0) is 13.3. The van der Waals surface area contributed by atoms with Gasteiger partial charge in [-0.3, -0.25) is 9.89 Å². The second-order valence-corrected chi connectivity index (χ2v) is 4.58. The lowest BCUT2D eigenvalue weighted by atomic mass is 10.1. The van der Waals surface area contributed by atoms with Crippen molar-refractivity contribution in [1.29, 1.82) is 0 Å². The Morgan fingerprint density at radius 3 is 2.78 bits per heavy atom. The molecule has 2 rings (SSSR count). The number of aliphatic carboxylic acids is 1. The first-order valence-electron chi connectivity index (χ1n) is 5.56. The summed E-state index contributed by atoms with van der Waals surface area (Å²) >= 11 is 0. The molecule has 8 heteroatoms. The fourth-order valence-electron chi connectivity index (χ4n) is 1.32. The molecule has 0 aliphatic heterocycles. The number of amides is 1. The van der Waals surface area contributed by atoms with E-state index in [4.69, 9.17) is 5.11 Å². The molecule has 1 atom stereocenters. The number of nitrogens with one attached hydrogen (secondary N) is 2. The third-order valence-corrected chi connectivity index (χ3v) is 2.72. The minimum Gasteiger partial charge on any atom is -0.479 e. The van der Waals surface area contributed by atoms with Crippen LogP contribution >= 0.6 is 0 Å². The maximum Gasteiger partial charge on any atom is 0.337 e. The molecule has 8 nitrogen and oxygen atoms in total. The van der Waals surface area contributed by atoms with Crippen molar-refractivity contribution in [2.24, 2.45) is 0 Å². The van der Waals surface area contributed by atoms with Crippen LogP contribution in [0.4, 0.5) is 0 Å². The van der Waals surface area contributed by atoms with Gasteiger partial charge >= 0.3 is 5.97 Å². The number of carbonyl (C=O) groups excluding carboxylic acids is 1. The molecule has 18 heavy (non-hydrogen) atoms. The number of aromatic amines is 1. The number of hydrogen-bond donors (Lipinski definition) is 4. The Kier molecular flexibility index (Phi) is 3.04. The lowest BCUT2D eigenvalue weighted by Crippen LogP contribution is -2.46. The van der Waals surface area contributed by atoms with Crippen LogP contribution in [0, 0.1) is 0 Å². The lowest BCUT2D eigenvalue weighted by molar-refractivity contribution is -0.155. The van der Waals surface area contributed by atoms with Crippen molar-refractivity contribution in [1.82, 2.24) is 20.5 Å². The van der Waals surface area contributed by atoms with Crippen molar-refractivity contribution in [3.05, 3.63) is 11.6 Å². The van der Waals surface area contributed by atoms with Gasteiger partial charge in [0.25, 0.3) is 5.91 Å². The third-order valence-electron chi connectivity index (χ3n) is 2.72. The van der Waals surface area contributed by atoms with E-state index in [1.807, 2.05) is 0 Å². The molecule has 1 aromatic rings. The van der Waals surface area contributed by atoms with Crippen LogP contribution in [0.5, 0.6) is 0 Å². The Hall–Kier alpha value is -1.96. The van der Waals surface area contributed by atoms with Gasteiger partial charge in [-0.2, -0.15) is 0 Å². The fourth-order valence-corrected chi connectivity index (χ4v) is 1.32. The van der Waals surface area contributed by atoms with E-state index in [2.05, 4.69) is 20.5 Å². The summed E-state index contributed by atoms with van der Waals surface area (Å²) in [4.78, 5) is 26.3. The Labute approximate surface area is 102 Å². The number of rotatable bonds is 5. The quantitative estimate of drug-likeness (QED) is 0.547. The van der Waals surface area contributed by atoms with Gasteiger partial charge in [0.05, 0.1) is 6.54 Å². The highest BCUT2D eigenvalue weighted by molar-refractivity contribution is 5.91. The number of nitrogens with zero attached hydrogens (tertiary/aromatic N) is 2. The molecule has 0 bridgehead atoms. The summed E-state index contributed by atoms with van der Waals surface area (Å²) in [7, 11) is 0. The molecular weight excluding hydrogens is 240 g/mol. The normalized spacial score (nSPS) is 18.1. The molecule has 1 amide bonds. The Morgan fingerprint density at radius 2 is 2.22 bits per heavy atom. The Morgan fingerprint density at radius 1 is 1.56 bits per heavy atom. The van der Waals surface area contributed by atoms with Gasteiger partial charge in [-0.15, -0.1) is 5.10 Å². The zero-order valence-corrected chi connectivity index (χ0v) is 9.80. The van der Waals surface area contributed by atoms with Crippen LogP contribution in [0.1, 0.15) is 42.1 Å². The summed E-state index contributed by atoms with van der Waals surface area (Å²) in [6.45, 7) is 0.692. The van der Waals surface area contributed by atoms with Gasteiger partial charge in [0.2, 0.25) is 5.82 Å². The molecule has 1 saturated carbocycles. The maximum atomic E-state index is 11.6. The van der Waals surface area contributed by atoms with Crippen LogP contribution in [0.25, 0.3) is 0 Å². The Bertz CT molecular complexity index is 478. The van der Waals surface area contributed by atoms with E-state index in [0.29, 0.717) is 11.7 Å². The van der Waals surface area contributed by atoms with Crippen molar-refractivity contribution in [3.8, 4) is 0 Å². The van der Waals surface area contributed by atoms with E-state index in [-0.39, 0.29) is 5.82 Å². The standard InChI is InChI=1S/C10H14N4O4/c1-10(18,9(16)17)4-11-8(15)7-12-6(13-14-7)5-2-3-5/h5,18H,2-4H2,1H3,(H,11,15)(H,16,17)(H,12,13,14). The minimum atomic E-state index is -2.01. The minimum absolute atomic E-state index is 0.0434. The highest BCUT2D eigenvalue weighted by Gasteiger charge is 2.32. The Balaban J connectivity index is 1.92. The molecule has 0 radical (unpaired) electrons. The molecule has 0 aromatic carbocycles. The van der Waals surface area contributed by atoms with Crippen molar-refractivity contribution in [2.75, 3.05) is 6.54 Å². The largest absolute Gasteiger partial charge is 0.479 e. The number of aliphatic hydroxyl groups is 1. The average Bonchev–Trinajstić information content (AvgIpc) is 3.04. The monoisotopic (exact) mass is 254 g/mol. The summed E-state index contributed by atoms with van der Waals surface area (Å²) in [6, 6.07) is 0. The first-order valence-corrected chi connectivity index (χ1v) is 5.56. The number of carbonyl (C=O) groups is 2. The molecule has 0 spiro atoms. The fraction of sp³-hybridized carbons (Fsp3) is 0.600. The van der Waals surface area contributed by atoms with Crippen LogP contribution in [-0.2, 0) is 4.79 Å². The van der Waals surface area contributed by atoms with E-state index in [1.165, 1.54) is 0 Å². The summed E-state index contributed by atoms with van der Waals surface area (Å²) < 4.78 is 0. The van der Waals surface area contributed by atoms with Crippen LogP contribution in [0.3, 0.4) is 0 Å². The molecule has 0 saturated heterocycles. The molecule has 1 unspecified atom stereocenters. The van der Waals surface area contributed by atoms with Crippen LogP contribution in [0.15, 0.2) is 0 Å². The highest BCUT2D eigenvalue weighted by atomic mass is 16.4. The predicted octanol–water partition coefficient (Wildman–Crippen LogP) is -0.752. The van der Waals surface area contributed by atoms with Gasteiger partial charge in [0.15, 0.2) is 5.60 Å². The number of carboxylic acid groups (broad SMARTS) is 1. The van der Waals surface area contributed by atoms with Crippen molar-refractivity contribution < 1.29 is 19.8 Å².